The minimum atomic E-state index is -0.278. The highest BCUT2D eigenvalue weighted by Gasteiger charge is 2.28. The van der Waals surface area contributed by atoms with Gasteiger partial charge in [0, 0.05) is 15.2 Å². The van der Waals surface area contributed by atoms with Gasteiger partial charge in [0.05, 0.1) is 0 Å². The predicted molar refractivity (Wildman–Crippen MR) is 75.5 cm³/mol. The van der Waals surface area contributed by atoms with Crippen molar-refractivity contribution in [2.24, 2.45) is 0 Å². The Labute approximate surface area is 118 Å². The number of benzene rings is 1. The molecule has 2 N–H and O–H groups in total. The molecule has 0 radical (unpaired) electrons. The fourth-order valence-corrected chi connectivity index (χ4v) is 2.21. The summed E-state index contributed by atoms with van der Waals surface area (Å²) in [5, 5.41) is 9.55. The minimum absolute atomic E-state index is 0.204. The number of halogens is 1. The molecule has 0 aliphatic heterocycles. The van der Waals surface area contributed by atoms with Crippen LogP contribution in [0.25, 0.3) is 0 Å². The SMILES string of the molecule is O=C(Nc1cccc(I)c1)c1n[nH]c(C2CC2)n1. The first-order valence-electron chi connectivity index (χ1n) is 5.71. The third-order valence-corrected chi connectivity index (χ3v) is 3.42. The molecule has 2 aromatic rings. The second-order valence-electron chi connectivity index (χ2n) is 4.28. The number of carbonyl (C=O) groups is 1. The number of carbonyl (C=O) groups excluding carboxylic acids is 1. The quantitative estimate of drug-likeness (QED) is 0.833. The summed E-state index contributed by atoms with van der Waals surface area (Å²) in [5.74, 6) is 1.22. The van der Waals surface area contributed by atoms with E-state index in [1.54, 1.807) is 0 Å². The first-order chi connectivity index (χ1) is 8.72. The van der Waals surface area contributed by atoms with E-state index in [0.717, 1.165) is 27.9 Å². The van der Waals surface area contributed by atoms with E-state index in [1.165, 1.54) is 0 Å². The van der Waals surface area contributed by atoms with Gasteiger partial charge in [0.1, 0.15) is 5.82 Å². The summed E-state index contributed by atoms with van der Waals surface area (Å²) < 4.78 is 1.07. The second-order valence-corrected chi connectivity index (χ2v) is 5.53. The van der Waals surface area contributed by atoms with Gasteiger partial charge in [-0.15, -0.1) is 5.10 Å². The molecule has 1 aliphatic rings. The molecule has 0 unspecified atom stereocenters. The van der Waals surface area contributed by atoms with Crippen molar-refractivity contribution in [2.45, 2.75) is 18.8 Å². The van der Waals surface area contributed by atoms with Crippen molar-refractivity contribution in [3.8, 4) is 0 Å². The smallest absolute Gasteiger partial charge is 0.295 e. The van der Waals surface area contributed by atoms with Crippen LogP contribution in [0.3, 0.4) is 0 Å². The van der Waals surface area contributed by atoms with Crippen molar-refractivity contribution in [3.63, 3.8) is 0 Å². The van der Waals surface area contributed by atoms with Crippen LogP contribution in [0.4, 0.5) is 5.69 Å². The highest BCUT2D eigenvalue weighted by molar-refractivity contribution is 14.1. The van der Waals surface area contributed by atoms with Gasteiger partial charge in [-0.3, -0.25) is 9.89 Å². The van der Waals surface area contributed by atoms with Crippen LogP contribution in [0.15, 0.2) is 24.3 Å². The molecule has 1 aliphatic carbocycles. The fourth-order valence-electron chi connectivity index (χ4n) is 1.67. The van der Waals surface area contributed by atoms with Gasteiger partial charge >= 0.3 is 0 Å². The van der Waals surface area contributed by atoms with Gasteiger partial charge in [0.2, 0.25) is 5.82 Å². The average molecular weight is 354 g/mol. The second kappa shape index (κ2) is 4.68. The zero-order valence-corrected chi connectivity index (χ0v) is 11.6. The van der Waals surface area contributed by atoms with Crippen LogP contribution in [0.2, 0.25) is 0 Å². The molecule has 92 valence electrons. The summed E-state index contributed by atoms with van der Waals surface area (Å²) >= 11 is 2.20. The molecular formula is C12H11IN4O. The number of aromatic nitrogens is 3. The number of H-pyrrole nitrogens is 1. The zero-order chi connectivity index (χ0) is 12.5. The number of hydrogen-bond acceptors (Lipinski definition) is 3. The maximum absolute atomic E-state index is 11.9. The van der Waals surface area contributed by atoms with E-state index in [-0.39, 0.29) is 11.7 Å². The number of nitrogens with one attached hydrogen (secondary N) is 2. The van der Waals surface area contributed by atoms with Crippen LogP contribution in [-0.2, 0) is 0 Å². The van der Waals surface area contributed by atoms with Gasteiger partial charge in [0.15, 0.2) is 0 Å². The molecule has 1 saturated carbocycles. The van der Waals surface area contributed by atoms with Gasteiger partial charge in [-0.05, 0) is 53.6 Å². The zero-order valence-electron chi connectivity index (χ0n) is 9.48. The van der Waals surface area contributed by atoms with E-state index in [0.29, 0.717) is 5.92 Å². The van der Waals surface area contributed by atoms with E-state index < -0.39 is 0 Å². The number of anilines is 1. The number of nitrogens with zero attached hydrogens (tertiary/aromatic N) is 2. The van der Waals surface area contributed by atoms with Gasteiger partial charge in [0.25, 0.3) is 5.91 Å². The highest BCUT2D eigenvalue weighted by atomic mass is 127. The lowest BCUT2D eigenvalue weighted by atomic mass is 10.3. The first kappa shape index (κ1) is 11.6. The Bertz CT molecular complexity index is 591. The molecule has 0 atom stereocenters. The van der Waals surface area contributed by atoms with Crippen molar-refractivity contribution in [1.82, 2.24) is 15.2 Å². The van der Waals surface area contributed by atoms with Crippen molar-refractivity contribution in [2.75, 3.05) is 5.32 Å². The van der Waals surface area contributed by atoms with Gasteiger partial charge in [-0.1, -0.05) is 6.07 Å². The van der Waals surface area contributed by atoms with Crippen LogP contribution < -0.4 is 5.32 Å². The molecule has 1 aromatic carbocycles. The van der Waals surface area contributed by atoms with Gasteiger partial charge in [-0.25, -0.2) is 4.98 Å². The molecule has 18 heavy (non-hydrogen) atoms. The van der Waals surface area contributed by atoms with Crippen molar-refractivity contribution in [1.29, 1.82) is 0 Å². The maximum atomic E-state index is 11.9. The number of amides is 1. The Morgan fingerprint density at radius 2 is 2.28 bits per heavy atom. The molecule has 6 heteroatoms. The molecule has 1 heterocycles. The summed E-state index contributed by atoms with van der Waals surface area (Å²) in [7, 11) is 0. The van der Waals surface area contributed by atoms with E-state index in [2.05, 4.69) is 43.1 Å². The van der Waals surface area contributed by atoms with E-state index in [9.17, 15) is 4.79 Å². The molecule has 1 aromatic heterocycles. The number of hydrogen-bond donors (Lipinski definition) is 2. The largest absolute Gasteiger partial charge is 0.319 e. The average Bonchev–Trinajstić information content (AvgIpc) is 3.07. The Balaban J connectivity index is 1.73. The Kier molecular flexibility index (Phi) is 3.02. The van der Waals surface area contributed by atoms with Crippen LogP contribution in [0.5, 0.6) is 0 Å². The summed E-state index contributed by atoms with van der Waals surface area (Å²) in [6.45, 7) is 0. The monoisotopic (exact) mass is 354 g/mol. The summed E-state index contributed by atoms with van der Waals surface area (Å²) in [6.07, 6.45) is 2.26. The lowest BCUT2D eigenvalue weighted by molar-refractivity contribution is 0.101. The van der Waals surface area contributed by atoms with Gasteiger partial charge < -0.3 is 5.32 Å². The summed E-state index contributed by atoms with van der Waals surface area (Å²) in [6, 6.07) is 7.60. The molecule has 1 amide bonds. The third kappa shape index (κ3) is 2.53. The Morgan fingerprint density at radius 1 is 1.44 bits per heavy atom. The lowest BCUT2D eigenvalue weighted by Crippen LogP contribution is -2.13. The lowest BCUT2D eigenvalue weighted by Gasteiger charge is -2.02. The number of rotatable bonds is 3. The molecule has 1 fully saturated rings. The van der Waals surface area contributed by atoms with Gasteiger partial charge in [-0.2, -0.15) is 0 Å². The molecule has 0 saturated heterocycles. The third-order valence-electron chi connectivity index (χ3n) is 2.75. The molecule has 3 rings (SSSR count). The normalized spacial score (nSPS) is 14.5. The molecule has 0 bridgehead atoms. The topological polar surface area (TPSA) is 70.7 Å². The van der Waals surface area contributed by atoms with Crippen LogP contribution in [-0.4, -0.2) is 21.1 Å². The fraction of sp³-hybridized carbons (Fsp3) is 0.250. The Hall–Kier alpha value is -1.44. The van der Waals surface area contributed by atoms with Crippen LogP contribution >= 0.6 is 22.6 Å². The van der Waals surface area contributed by atoms with Crippen molar-refractivity contribution >= 4 is 34.2 Å². The van der Waals surface area contributed by atoms with Crippen molar-refractivity contribution in [3.05, 3.63) is 39.5 Å². The first-order valence-corrected chi connectivity index (χ1v) is 6.79. The summed E-state index contributed by atoms with van der Waals surface area (Å²) in [5.41, 5.74) is 0.754. The standard InChI is InChI=1S/C12H11IN4O/c13-8-2-1-3-9(6-8)14-12(18)11-15-10(16-17-11)7-4-5-7/h1-3,6-7H,4-5H2,(H,14,18)(H,15,16,17). The van der Waals surface area contributed by atoms with Crippen LogP contribution in [0, 0.1) is 3.57 Å². The van der Waals surface area contributed by atoms with Crippen LogP contribution in [0.1, 0.15) is 35.2 Å². The molecular weight excluding hydrogens is 343 g/mol. The summed E-state index contributed by atoms with van der Waals surface area (Å²) in [4.78, 5) is 16.1. The van der Waals surface area contributed by atoms with Crippen molar-refractivity contribution < 1.29 is 4.79 Å². The highest BCUT2D eigenvalue weighted by Crippen LogP contribution is 2.37. The van der Waals surface area contributed by atoms with E-state index in [1.807, 2.05) is 24.3 Å². The number of aromatic amines is 1. The molecule has 0 spiro atoms. The maximum Gasteiger partial charge on any atom is 0.295 e. The van der Waals surface area contributed by atoms with E-state index in [4.69, 9.17) is 0 Å². The van der Waals surface area contributed by atoms with E-state index >= 15 is 0 Å². The molecule has 5 nitrogen and oxygen atoms in total. The Morgan fingerprint density at radius 3 is 3.00 bits per heavy atom. The predicted octanol–water partition coefficient (Wildman–Crippen LogP) is 2.54. The minimum Gasteiger partial charge on any atom is -0.319 e.